The quantitative estimate of drug-likeness (QED) is 0.372. The van der Waals surface area contributed by atoms with Gasteiger partial charge in [0.05, 0.1) is 5.02 Å². The highest BCUT2D eigenvalue weighted by Crippen LogP contribution is 2.32. The van der Waals surface area contributed by atoms with Crippen molar-refractivity contribution in [1.29, 1.82) is 0 Å². The van der Waals surface area contributed by atoms with Crippen LogP contribution in [-0.2, 0) is 9.59 Å². The maximum atomic E-state index is 12.1. The Balaban J connectivity index is 1.76. The van der Waals surface area contributed by atoms with Crippen molar-refractivity contribution in [2.75, 3.05) is 13.2 Å². The Kier molecular flexibility index (Phi) is 9.54. The Morgan fingerprint density at radius 1 is 1.06 bits per heavy atom. The van der Waals surface area contributed by atoms with E-state index in [0.717, 1.165) is 15.6 Å². The third kappa shape index (κ3) is 8.01. The molecule has 166 valence electrons. The summed E-state index contributed by atoms with van der Waals surface area (Å²) in [6, 6.07) is 10.7. The molecule has 0 unspecified atom stereocenters. The highest BCUT2D eigenvalue weighted by Gasteiger charge is 2.13. The Bertz CT molecular complexity index is 972. The molecule has 0 aromatic heterocycles. The number of carbonyl (C=O) groups is 2. The minimum absolute atomic E-state index is 0.0734. The zero-order valence-corrected chi connectivity index (χ0v) is 20.4. The fraction of sp³-hybridized carbons (Fsp3) is 0.286. The van der Waals surface area contributed by atoms with E-state index in [-0.39, 0.29) is 24.2 Å². The van der Waals surface area contributed by atoms with Gasteiger partial charge >= 0.3 is 0 Å². The van der Waals surface area contributed by atoms with Crippen molar-refractivity contribution in [3.05, 3.63) is 57.0 Å². The summed E-state index contributed by atoms with van der Waals surface area (Å²) >= 11 is 14.5. The molecule has 10 heteroatoms. The molecule has 3 N–H and O–H groups in total. The van der Waals surface area contributed by atoms with Gasteiger partial charge in [-0.15, -0.1) is 0 Å². The molecule has 2 rings (SSSR count). The molecule has 0 bridgehead atoms. The summed E-state index contributed by atoms with van der Waals surface area (Å²) in [4.78, 5) is 24.0. The fourth-order valence-electron chi connectivity index (χ4n) is 2.45. The van der Waals surface area contributed by atoms with Gasteiger partial charge in [0.2, 0.25) is 0 Å². The van der Waals surface area contributed by atoms with Crippen LogP contribution in [0.15, 0.2) is 40.9 Å². The van der Waals surface area contributed by atoms with Gasteiger partial charge in [-0.3, -0.25) is 25.8 Å². The molecule has 0 aliphatic carbocycles. The normalized spacial score (nSPS) is 10.4. The number of benzene rings is 2. The first kappa shape index (κ1) is 24.9. The molecular formula is C21H23BrClN3O4S. The number of ether oxygens (including phenoxy) is 2. The first-order valence-corrected chi connectivity index (χ1v) is 10.9. The lowest BCUT2D eigenvalue weighted by atomic mass is 10.0. The van der Waals surface area contributed by atoms with Gasteiger partial charge in [0, 0.05) is 4.47 Å². The third-order valence-corrected chi connectivity index (χ3v) is 5.41. The van der Waals surface area contributed by atoms with Crippen molar-refractivity contribution in [1.82, 2.24) is 16.2 Å². The SMILES string of the molecule is Cc1cc(OCC(=O)NC(=S)NNC(=O)COc2ccccc2Cl)c(C(C)C)cc1Br. The van der Waals surface area contributed by atoms with E-state index in [0.29, 0.717) is 16.5 Å². The number of carbonyl (C=O) groups excluding carboxylic acids is 2. The number of para-hydroxylation sites is 1. The number of amides is 2. The number of hydrazine groups is 1. The van der Waals surface area contributed by atoms with E-state index in [1.165, 1.54) is 0 Å². The second kappa shape index (κ2) is 11.9. The number of rotatable bonds is 7. The maximum Gasteiger partial charge on any atom is 0.276 e. The molecule has 0 radical (unpaired) electrons. The van der Waals surface area contributed by atoms with Gasteiger partial charge in [-0.25, -0.2) is 0 Å². The lowest BCUT2D eigenvalue weighted by Gasteiger charge is -2.16. The Labute approximate surface area is 199 Å². The third-order valence-electron chi connectivity index (χ3n) is 4.04. The van der Waals surface area contributed by atoms with E-state index >= 15 is 0 Å². The molecule has 0 heterocycles. The van der Waals surface area contributed by atoms with Crippen LogP contribution in [0, 0.1) is 6.92 Å². The summed E-state index contributed by atoms with van der Waals surface area (Å²) in [5.74, 6) is 0.279. The van der Waals surface area contributed by atoms with E-state index in [4.69, 9.17) is 33.3 Å². The standard InChI is InChI=1S/C21H23BrClN3O4S/c1-12(2)14-9-15(22)13(3)8-18(14)30-10-19(27)24-21(31)26-25-20(28)11-29-17-7-5-4-6-16(17)23/h4-9,12H,10-11H2,1-3H3,(H,25,28)(H2,24,26,27,31). The zero-order valence-electron chi connectivity index (χ0n) is 17.3. The molecule has 0 aliphatic rings. The van der Waals surface area contributed by atoms with E-state index in [1.54, 1.807) is 24.3 Å². The van der Waals surface area contributed by atoms with Gasteiger partial charge in [0.15, 0.2) is 18.3 Å². The van der Waals surface area contributed by atoms with Crippen molar-refractivity contribution >= 4 is 56.7 Å². The topological polar surface area (TPSA) is 88.7 Å². The molecular weight excluding hydrogens is 506 g/mol. The van der Waals surface area contributed by atoms with E-state index in [1.807, 2.05) is 32.9 Å². The van der Waals surface area contributed by atoms with E-state index < -0.39 is 11.8 Å². The predicted octanol–water partition coefficient (Wildman–Crippen LogP) is 4.01. The molecule has 0 saturated carbocycles. The molecule has 31 heavy (non-hydrogen) atoms. The van der Waals surface area contributed by atoms with Crippen LogP contribution >= 0.6 is 39.7 Å². The van der Waals surface area contributed by atoms with Crippen LogP contribution in [0.25, 0.3) is 0 Å². The molecule has 2 amide bonds. The second-order valence-corrected chi connectivity index (χ2v) is 8.52. The van der Waals surface area contributed by atoms with Gasteiger partial charge in [-0.2, -0.15) is 0 Å². The van der Waals surface area contributed by atoms with Crippen LogP contribution in [0.3, 0.4) is 0 Å². The maximum absolute atomic E-state index is 12.1. The number of halogens is 2. The smallest absolute Gasteiger partial charge is 0.276 e. The lowest BCUT2D eigenvalue weighted by molar-refractivity contribution is -0.124. The molecule has 0 atom stereocenters. The van der Waals surface area contributed by atoms with Gasteiger partial charge in [-0.1, -0.05) is 53.5 Å². The molecule has 0 saturated heterocycles. The average Bonchev–Trinajstić information content (AvgIpc) is 2.72. The Morgan fingerprint density at radius 3 is 2.39 bits per heavy atom. The molecule has 7 nitrogen and oxygen atoms in total. The largest absolute Gasteiger partial charge is 0.483 e. The van der Waals surface area contributed by atoms with Gasteiger partial charge in [-0.05, 0) is 60.5 Å². The van der Waals surface area contributed by atoms with Crippen LogP contribution in [0.1, 0.15) is 30.9 Å². The average molecular weight is 529 g/mol. The van der Waals surface area contributed by atoms with Crippen LogP contribution in [-0.4, -0.2) is 30.1 Å². The zero-order chi connectivity index (χ0) is 23.0. The van der Waals surface area contributed by atoms with E-state index in [2.05, 4.69) is 32.1 Å². The predicted molar refractivity (Wildman–Crippen MR) is 127 cm³/mol. The van der Waals surface area contributed by atoms with E-state index in [9.17, 15) is 9.59 Å². The molecule has 0 spiro atoms. The minimum Gasteiger partial charge on any atom is -0.483 e. The number of hydrogen-bond acceptors (Lipinski definition) is 5. The van der Waals surface area contributed by atoms with Crippen LogP contribution in [0.5, 0.6) is 11.5 Å². The van der Waals surface area contributed by atoms with Crippen molar-refractivity contribution in [2.45, 2.75) is 26.7 Å². The van der Waals surface area contributed by atoms with Gasteiger partial charge < -0.3 is 9.47 Å². The van der Waals surface area contributed by atoms with Crippen molar-refractivity contribution in [3.63, 3.8) is 0 Å². The van der Waals surface area contributed by atoms with Crippen molar-refractivity contribution in [2.24, 2.45) is 0 Å². The summed E-state index contributed by atoms with van der Waals surface area (Å²) in [6.45, 7) is 5.52. The molecule has 0 aliphatic heterocycles. The highest BCUT2D eigenvalue weighted by atomic mass is 79.9. The molecule has 2 aromatic carbocycles. The monoisotopic (exact) mass is 527 g/mol. The summed E-state index contributed by atoms with van der Waals surface area (Å²) in [5, 5.41) is 2.76. The number of nitrogens with one attached hydrogen (secondary N) is 3. The molecule has 0 fully saturated rings. The highest BCUT2D eigenvalue weighted by molar-refractivity contribution is 9.10. The second-order valence-electron chi connectivity index (χ2n) is 6.85. The summed E-state index contributed by atoms with van der Waals surface area (Å²) in [7, 11) is 0. The Morgan fingerprint density at radius 2 is 1.71 bits per heavy atom. The first-order chi connectivity index (χ1) is 14.7. The van der Waals surface area contributed by atoms with Crippen molar-refractivity contribution < 1.29 is 19.1 Å². The summed E-state index contributed by atoms with van der Waals surface area (Å²) < 4.78 is 12.0. The number of hydrogen-bond donors (Lipinski definition) is 3. The first-order valence-electron chi connectivity index (χ1n) is 9.36. The van der Waals surface area contributed by atoms with Crippen molar-refractivity contribution in [3.8, 4) is 11.5 Å². The van der Waals surface area contributed by atoms with Crippen LogP contribution in [0.4, 0.5) is 0 Å². The fourth-order valence-corrected chi connectivity index (χ4v) is 3.17. The number of aryl methyl sites for hydroxylation is 1. The van der Waals surface area contributed by atoms with Gasteiger partial charge in [0.25, 0.3) is 11.8 Å². The summed E-state index contributed by atoms with van der Waals surface area (Å²) in [5.41, 5.74) is 6.75. The molecule has 2 aromatic rings. The van der Waals surface area contributed by atoms with Gasteiger partial charge in [0.1, 0.15) is 11.5 Å². The van der Waals surface area contributed by atoms with Crippen LogP contribution in [0.2, 0.25) is 5.02 Å². The summed E-state index contributed by atoms with van der Waals surface area (Å²) in [6.07, 6.45) is 0. The van der Waals surface area contributed by atoms with Crippen LogP contribution < -0.4 is 25.6 Å². The Hall–Kier alpha value is -2.36. The minimum atomic E-state index is -0.500. The lowest BCUT2D eigenvalue weighted by Crippen LogP contribution is -2.50. The number of thiocarbonyl (C=S) groups is 1.